The molecule has 2 nitrogen and oxygen atoms in total. The third kappa shape index (κ3) is 1.64. The topological polar surface area (TPSA) is 40.5 Å². The lowest BCUT2D eigenvalue weighted by atomic mass is 10.1. The lowest BCUT2D eigenvalue weighted by molar-refractivity contribution is 0.281. The van der Waals surface area contributed by atoms with Gasteiger partial charge in [-0.25, -0.2) is 0 Å². The number of aromatic hydroxyl groups is 1. The number of halogens is 1. The number of hydrogen-bond acceptors (Lipinski definition) is 2. The number of rotatable bonds is 1. The minimum atomic E-state index is -0.145. The molecular weight excluding hydrogens is 164 g/mol. The Morgan fingerprint density at radius 3 is 2.64 bits per heavy atom. The van der Waals surface area contributed by atoms with Gasteiger partial charge in [-0.3, -0.25) is 0 Å². The van der Waals surface area contributed by atoms with Crippen LogP contribution in [0.4, 0.5) is 0 Å². The highest BCUT2D eigenvalue weighted by Crippen LogP contribution is 2.25. The molecule has 60 valence electrons. The summed E-state index contributed by atoms with van der Waals surface area (Å²) in [6.07, 6.45) is 0. The normalized spacial score (nSPS) is 10.1. The average molecular weight is 173 g/mol. The number of hydrogen-bond donors (Lipinski definition) is 2. The lowest BCUT2D eigenvalue weighted by Gasteiger charge is -2.04. The van der Waals surface area contributed by atoms with Crippen molar-refractivity contribution in [2.75, 3.05) is 0 Å². The molecule has 1 aromatic rings. The van der Waals surface area contributed by atoms with E-state index < -0.39 is 0 Å². The summed E-state index contributed by atoms with van der Waals surface area (Å²) in [5, 5.41) is 18.4. The smallest absolute Gasteiger partial charge is 0.116 e. The first-order valence-electron chi connectivity index (χ1n) is 3.24. The van der Waals surface area contributed by atoms with Crippen LogP contribution >= 0.6 is 11.6 Å². The zero-order valence-electron chi connectivity index (χ0n) is 6.13. The van der Waals surface area contributed by atoms with Crippen molar-refractivity contribution in [1.29, 1.82) is 0 Å². The van der Waals surface area contributed by atoms with Gasteiger partial charge in [0, 0.05) is 5.02 Å². The van der Waals surface area contributed by atoms with E-state index in [0.29, 0.717) is 10.6 Å². The Morgan fingerprint density at radius 2 is 2.09 bits per heavy atom. The maximum Gasteiger partial charge on any atom is 0.116 e. The molecule has 1 aromatic carbocycles. The van der Waals surface area contributed by atoms with Crippen LogP contribution in [-0.2, 0) is 6.61 Å². The molecule has 0 aliphatic heterocycles. The molecule has 0 amide bonds. The van der Waals surface area contributed by atoms with E-state index in [4.69, 9.17) is 21.8 Å². The molecule has 0 unspecified atom stereocenters. The van der Waals surface area contributed by atoms with Gasteiger partial charge in [0.2, 0.25) is 0 Å². The maximum atomic E-state index is 9.08. The predicted molar refractivity (Wildman–Crippen MR) is 43.8 cm³/mol. The van der Waals surface area contributed by atoms with Gasteiger partial charge in [0.25, 0.3) is 0 Å². The van der Waals surface area contributed by atoms with Gasteiger partial charge < -0.3 is 10.2 Å². The Morgan fingerprint density at radius 1 is 1.45 bits per heavy atom. The predicted octanol–water partition coefficient (Wildman–Crippen LogP) is 1.85. The molecule has 0 aromatic heterocycles. The summed E-state index contributed by atoms with van der Waals surface area (Å²) in [6.45, 7) is 1.63. The fourth-order valence-electron chi connectivity index (χ4n) is 0.937. The molecule has 0 aliphatic rings. The number of aryl methyl sites for hydroxylation is 1. The van der Waals surface area contributed by atoms with Gasteiger partial charge in [-0.05, 0) is 30.2 Å². The van der Waals surface area contributed by atoms with E-state index in [0.717, 1.165) is 5.56 Å². The summed E-state index contributed by atoms with van der Waals surface area (Å²) < 4.78 is 0. The van der Waals surface area contributed by atoms with E-state index in [1.165, 1.54) is 6.07 Å². The highest BCUT2D eigenvalue weighted by atomic mass is 35.5. The van der Waals surface area contributed by atoms with Crippen LogP contribution in [-0.4, -0.2) is 10.2 Å². The first kappa shape index (κ1) is 8.37. The second kappa shape index (κ2) is 3.11. The molecule has 0 saturated heterocycles. The molecule has 0 aliphatic carbocycles. The number of phenolic OH excluding ortho intramolecular Hbond substituents is 1. The van der Waals surface area contributed by atoms with Crippen LogP contribution in [0, 0.1) is 6.92 Å². The average Bonchev–Trinajstić information content (AvgIpc) is 1.96. The van der Waals surface area contributed by atoms with Crippen LogP contribution in [0.5, 0.6) is 5.75 Å². The fraction of sp³-hybridized carbons (Fsp3) is 0.250. The summed E-state index contributed by atoms with van der Waals surface area (Å²) in [6, 6.07) is 3.01. The third-order valence-corrected chi connectivity index (χ3v) is 2.03. The fourth-order valence-corrected chi connectivity index (χ4v) is 1.11. The molecule has 0 spiro atoms. The molecule has 11 heavy (non-hydrogen) atoms. The molecule has 0 bridgehead atoms. The maximum absolute atomic E-state index is 9.08. The van der Waals surface area contributed by atoms with Gasteiger partial charge in [-0.15, -0.1) is 0 Å². The second-order valence-electron chi connectivity index (χ2n) is 2.39. The largest absolute Gasteiger partial charge is 0.508 e. The number of benzene rings is 1. The standard InChI is InChI=1S/C8H9ClO2/c1-5-2-7(11)3-6(4-10)8(5)9/h2-3,10-11H,4H2,1H3. The molecule has 0 saturated carbocycles. The second-order valence-corrected chi connectivity index (χ2v) is 2.77. The van der Waals surface area contributed by atoms with Crippen LogP contribution in [0.3, 0.4) is 0 Å². The quantitative estimate of drug-likeness (QED) is 0.679. The minimum absolute atomic E-state index is 0.135. The van der Waals surface area contributed by atoms with Crippen LogP contribution in [0.1, 0.15) is 11.1 Å². The van der Waals surface area contributed by atoms with Gasteiger partial charge in [-0.1, -0.05) is 11.6 Å². The molecule has 0 radical (unpaired) electrons. The Balaban J connectivity index is 3.24. The highest BCUT2D eigenvalue weighted by Gasteiger charge is 2.03. The van der Waals surface area contributed by atoms with E-state index in [1.807, 2.05) is 0 Å². The highest BCUT2D eigenvalue weighted by molar-refractivity contribution is 6.32. The Hall–Kier alpha value is -0.730. The van der Waals surface area contributed by atoms with Gasteiger partial charge in [-0.2, -0.15) is 0 Å². The van der Waals surface area contributed by atoms with Crippen LogP contribution in [0.15, 0.2) is 12.1 Å². The summed E-state index contributed by atoms with van der Waals surface area (Å²) in [7, 11) is 0. The van der Waals surface area contributed by atoms with Crippen molar-refractivity contribution < 1.29 is 10.2 Å². The first-order valence-corrected chi connectivity index (χ1v) is 3.62. The van der Waals surface area contributed by atoms with Crippen molar-refractivity contribution in [3.05, 3.63) is 28.3 Å². The van der Waals surface area contributed by atoms with E-state index in [9.17, 15) is 0 Å². The third-order valence-electron chi connectivity index (χ3n) is 1.48. The molecule has 0 atom stereocenters. The van der Waals surface area contributed by atoms with Gasteiger partial charge in [0.1, 0.15) is 5.75 Å². The molecule has 0 heterocycles. The molecular formula is C8H9ClO2. The minimum Gasteiger partial charge on any atom is -0.508 e. The van der Waals surface area contributed by atoms with Crippen molar-refractivity contribution in [3.63, 3.8) is 0 Å². The Labute approximate surface area is 70.1 Å². The number of aliphatic hydroxyl groups is 1. The summed E-state index contributed by atoms with van der Waals surface area (Å²) in [4.78, 5) is 0. The van der Waals surface area contributed by atoms with Crippen molar-refractivity contribution >= 4 is 11.6 Å². The Kier molecular flexibility index (Phi) is 2.37. The van der Waals surface area contributed by atoms with Crippen LogP contribution < -0.4 is 0 Å². The van der Waals surface area contributed by atoms with Crippen LogP contribution in [0.25, 0.3) is 0 Å². The monoisotopic (exact) mass is 172 g/mol. The van der Waals surface area contributed by atoms with Gasteiger partial charge >= 0.3 is 0 Å². The SMILES string of the molecule is Cc1cc(O)cc(CO)c1Cl. The zero-order valence-corrected chi connectivity index (χ0v) is 6.89. The zero-order chi connectivity index (χ0) is 8.43. The Bertz CT molecular complexity index is 271. The summed E-state index contributed by atoms with van der Waals surface area (Å²) in [5.41, 5.74) is 1.33. The van der Waals surface area contributed by atoms with E-state index in [2.05, 4.69) is 0 Å². The van der Waals surface area contributed by atoms with E-state index in [1.54, 1.807) is 13.0 Å². The first-order chi connectivity index (χ1) is 5.15. The lowest BCUT2D eigenvalue weighted by Crippen LogP contribution is -1.87. The number of phenols is 1. The van der Waals surface area contributed by atoms with Crippen molar-refractivity contribution in [3.8, 4) is 5.75 Å². The van der Waals surface area contributed by atoms with Crippen molar-refractivity contribution in [2.24, 2.45) is 0 Å². The van der Waals surface area contributed by atoms with Crippen molar-refractivity contribution in [2.45, 2.75) is 13.5 Å². The molecule has 1 rings (SSSR count). The molecule has 2 N–H and O–H groups in total. The number of aliphatic hydroxyl groups excluding tert-OH is 1. The van der Waals surface area contributed by atoms with Crippen molar-refractivity contribution in [1.82, 2.24) is 0 Å². The van der Waals surface area contributed by atoms with Crippen LogP contribution in [0.2, 0.25) is 5.02 Å². The van der Waals surface area contributed by atoms with Gasteiger partial charge in [0.15, 0.2) is 0 Å². The molecule has 0 fully saturated rings. The molecule has 3 heteroatoms. The summed E-state index contributed by atoms with van der Waals surface area (Å²) in [5.74, 6) is 0.135. The van der Waals surface area contributed by atoms with Gasteiger partial charge in [0.05, 0.1) is 6.61 Å². The van der Waals surface area contributed by atoms with E-state index in [-0.39, 0.29) is 12.4 Å². The van der Waals surface area contributed by atoms with E-state index >= 15 is 0 Å². The summed E-state index contributed by atoms with van der Waals surface area (Å²) >= 11 is 5.79.